The maximum absolute atomic E-state index is 12.0. The fraction of sp³-hybridized carbons (Fsp3) is 0.529. The summed E-state index contributed by atoms with van der Waals surface area (Å²) in [4.78, 5) is 19.8. The van der Waals surface area contributed by atoms with Crippen LogP contribution in [0.25, 0.3) is 0 Å². The standard InChI is InChI=1S/C17H23N3O3S2/c1-4-19(5-2)13-6-8-14(9-7-13)20-15-10-25(22,23)11-16(15)24-17(20)18-12(3)21/h6-9,15-16H,4-5,10-11H2,1-3H3. The number of aliphatic imine (C=N–C) groups is 1. The van der Waals surface area contributed by atoms with Gasteiger partial charge in [0, 0.05) is 36.6 Å². The lowest BCUT2D eigenvalue weighted by atomic mass is 10.2. The number of sulfone groups is 1. The van der Waals surface area contributed by atoms with Crippen molar-refractivity contribution in [2.24, 2.45) is 4.99 Å². The Morgan fingerprint density at radius 2 is 1.88 bits per heavy atom. The zero-order valence-corrected chi connectivity index (χ0v) is 16.3. The van der Waals surface area contributed by atoms with Crippen molar-refractivity contribution in [3.63, 3.8) is 0 Å². The lowest BCUT2D eigenvalue weighted by Crippen LogP contribution is -2.37. The molecule has 8 heteroatoms. The van der Waals surface area contributed by atoms with Crippen LogP contribution in [0.1, 0.15) is 20.8 Å². The fourth-order valence-electron chi connectivity index (χ4n) is 3.41. The van der Waals surface area contributed by atoms with Crippen LogP contribution in [-0.2, 0) is 14.6 Å². The Hall–Kier alpha value is -1.54. The third-order valence-electron chi connectivity index (χ3n) is 4.58. The molecule has 1 amide bonds. The number of carbonyl (C=O) groups is 1. The van der Waals surface area contributed by atoms with Gasteiger partial charge in [0.15, 0.2) is 15.0 Å². The number of anilines is 2. The van der Waals surface area contributed by atoms with Gasteiger partial charge in [-0.1, -0.05) is 11.8 Å². The van der Waals surface area contributed by atoms with E-state index in [0.717, 1.165) is 24.5 Å². The van der Waals surface area contributed by atoms with Crippen LogP contribution in [0.3, 0.4) is 0 Å². The highest BCUT2D eigenvalue weighted by atomic mass is 32.2. The van der Waals surface area contributed by atoms with Crippen molar-refractivity contribution in [1.82, 2.24) is 0 Å². The minimum absolute atomic E-state index is 0.0643. The topological polar surface area (TPSA) is 70.0 Å². The smallest absolute Gasteiger partial charge is 0.244 e. The predicted octanol–water partition coefficient (Wildman–Crippen LogP) is 2.15. The van der Waals surface area contributed by atoms with Gasteiger partial charge in [-0.3, -0.25) is 4.79 Å². The number of rotatable bonds is 4. The molecule has 3 rings (SSSR count). The van der Waals surface area contributed by atoms with Gasteiger partial charge in [-0.05, 0) is 38.1 Å². The fourth-order valence-corrected chi connectivity index (χ4v) is 7.37. The van der Waals surface area contributed by atoms with Gasteiger partial charge in [-0.25, -0.2) is 8.42 Å². The summed E-state index contributed by atoms with van der Waals surface area (Å²) in [6.45, 7) is 7.49. The van der Waals surface area contributed by atoms with Crippen molar-refractivity contribution in [2.45, 2.75) is 32.1 Å². The largest absolute Gasteiger partial charge is 0.372 e. The van der Waals surface area contributed by atoms with E-state index in [1.165, 1.54) is 18.7 Å². The highest BCUT2D eigenvalue weighted by Gasteiger charge is 2.49. The maximum atomic E-state index is 12.0. The molecule has 1 aromatic rings. The molecule has 136 valence electrons. The number of benzene rings is 1. The van der Waals surface area contributed by atoms with Crippen molar-refractivity contribution in [2.75, 3.05) is 34.4 Å². The Bertz CT molecular complexity index is 786. The van der Waals surface area contributed by atoms with E-state index >= 15 is 0 Å². The molecule has 2 unspecified atom stereocenters. The van der Waals surface area contributed by atoms with Crippen molar-refractivity contribution >= 4 is 44.0 Å². The molecule has 2 saturated heterocycles. The first-order valence-electron chi connectivity index (χ1n) is 8.45. The first-order chi connectivity index (χ1) is 11.8. The summed E-state index contributed by atoms with van der Waals surface area (Å²) >= 11 is 1.40. The molecule has 0 N–H and O–H groups in total. The van der Waals surface area contributed by atoms with Crippen LogP contribution in [-0.4, -0.2) is 55.4 Å². The normalized spacial score (nSPS) is 26.0. The van der Waals surface area contributed by atoms with Crippen molar-refractivity contribution in [3.8, 4) is 0 Å². The number of carbonyl (C=O) groups excluding carboxylic acids is 1. The van der Waals surface area contributed by atoms with Crippen LogP contribution in [0, 0.1) is 0 Å². The van der Waals surface area contributed by atoms with E-state index in [1.807, 2.05) is 29.2 Å². The van der Waals surface area contributed by atoms with E-state index in [-0.39, 0.29) is 28.7 Å². The molecule has 2 aliphatic rings. The predicted molar refractivity (Wildman–Crippen MR) is 104 cm³/mol. The van der Waals surface area contributed by atoms with Crippen LogP contribution < -0.4 is 9.80 Å². The van der Waals surface area contributed by atoms with E-state index in [0.29, 0.717) is 5.17 Å². The minimum Gasteiger partial charge on any atom is -0.372 e. The summed E-state index contributed by atoms with van der Waals surface area (Å²) in [7, 11) is -3.04. The van der Waals surface area contributed by atoms with Gasteiger partial charge < -0.3 is 9.80 Å². The Morgan fingerprint density at radius 3 is 2.44 bits per heavy atom. The summed E-state index contributed by atoms with van der Waals surface area (Å²) in [6, 6.07) is 7.88. The van der Waals surface area contributed by atoms with Crippen LogP contribution >= 0.6 is 11.8 Å². The number of amides is 1. The van der Waals surface area contributed by atoms with Gasteiger partial charge in [-0.2, -0.15) is 4.99 Å². The van der Waals surface area contributed by atoms with Crippen molar-refractivity contribution in [1.29, 1.82) is 0 Å². The molecule has 0 aromatic heterocycles. The molecule has 2 aliphatic heterocycles. The lowest BCUT2D eigenvalue weighted by molar-refractivity contribution is -0.115. The second-order valence-corrected chi connectivity index (χ2v) is 9.63. The molecule has 0 aliphatic carbocycles. The molecule has 6 nitrogen and oxygen atoms in total. The first-order valence-corrected chi connectivity index (χ1v) is 11.1. The van der Waals surface area contributed by atoms with Crippen LogP contribution in [0.5, 0.6) is 0 Å². The van der Waals surface area contributed by atoms with E-state index < -0.39 is 9.84 Å². The highest BCUT2D eigenvalue weighted by molar-refractivity contribution is 8.16. The zero-order valence-electron chi connectivity index (χ0n) is 14.7. The summed E-state index contributed by atoms with van der Waals surface area (Å²) < 4.78 is 24.0. The van der Waals surface area contributed by atoms with E-state index in [1.54, 1.807) is 0 Å². The van der Waals surface area contributed by atoms with E-state index in [4.69, 9.17) is 0 Å². The lowest BCUT2D eigenvalue weighted by Gasteiger charge is -2.26. The number of thioether (sulfide) groups is 1. The third kappa shape index (κ3) is 3.69. The van der Waals surface area contributed by atoms with Crippen LogP contribution in [0.2, 0.25) is 0 Å². The Morgan fingerprint density at radius 1 is 1.24 bits per heavy atom. The van der Waals surface area contributed by atoms with E-state index in [9.17, 15) is 13.2 Å². The average molecular weight is 382 g/mol. The van der Waals surface area contributed by atoms with Gasteiger partial charge in [0.2, 0.25) is 5.91 Å². The summed E-state index contributed by atoms with van der Waals surface area (Å²) in [6.07, 6.45) is 0. The molecule has 0 radical (unpaired) electrons. The molecule has 2 fully saturated rings. The molecule has 0 bridgehead atoms. The molecule has 1 aromatic carbocycles. The molecule has 0 saturated carbocycles. The quantitative estimate of drug-likeness (QED) is 0.796. The second kappa shape index (κ2) is 6.99. The number of hydrogen-bond donors (Lipinski definition) is 0. The maximum Gasteiger partial charge on any atom is 0.244 e. The van der Waals surface area contributed by atoms with Crippen LogP contribution in [0.15, 0.2) is 29.3 Å². The number of fused-ring (bicyclic) bond motifs is 1. The number of amidine groups is 1. The summed E-state index contributed by atoms with van der Waals surface area (Å²) in [5.74, 6) is -0.0118. The second-order valence-electron chi connectivity index (χ2n) is 6.27. The molecule has 25 heavy (non-hydrogen) atoms. The molecule has 2 heterocycles. The Balaban J connectivity index is 1.95. The zero-order chi connectivity index (χ0) is 18.2. The summed E-state index contributed by atoms with van der Waals surface area (Å²) in [5.41, 5.74) is 2.01. The number of hydrogen-bond acceptors (Lipinski definition) is 5. The molecule has 2 atom stereocenters. The van der Waals surface area contributed by atoms with Gasteiger partial charge in [0.25, 0.3) is 0 Å². The van der Waals surface area contributed by atoms with Crippen molar-refractivity contribution in [3.05, 3.63) is 24.3 Å². The number of nitrogens with zero attached hydrogens (tertiary/aromatic N) is 3. The van der Waals surface area contributed by atoms with Gasteiger partial charge in [0.1, 0.15) is 0 Å². The molecular formula is C17H23N3O3S2. The third-order valence-corrected chi connectivity index (χ3v) is 7.79. The van der Waals surface area contributed by atoms with Gasteiger partial charge in [0.05, 0.1) is 17.5 Å². The first kappa shape index (κ1) is 18.3. The average Bonchev–Trinajstić information content (AvgIpc) is 2.99. The SMILES string of the molecule is CCN(CC)c1ccc(N2C(=NC(C)=O)SC3CS(=O)(=O)CC32)cc1. The van der Waals surface area contributed by atoms with Crippen LogP contribution in [0.4, 0.5) is 11.4 Å². The molecular weight excluding hydrogens is 358 g/mol. The Kier molecular flexibility index (Phi) is 5.11. The van der Waals surface area contributed by atoms with Gasteiger partial charge in [-0.15, -0.1) is 0 Å². The molecule has 0 spiro atoms. The monoisotopic (exact) mass is 381 g/mol. The van der Waals surface area contributed by atoms with Gasteiger partial charge >= 0.3 is 0 Å². The minimum atomic E-state index is -3.04. The van der Waals surface area contributed by atoms with E-state index in [2.05, 4.69) is 23.7 Å². The summed E-state index contributed by atoms with van der Waals surface area (Å²) in [5, 5.41) is 0.540. The highest BCUT2D eigenvalue weighted by Crippen LogP contribution is 2.41. The van der Waals surface area contributed by atoms with Crippen molar-refractivity contribution < 1.29 is 13.2 Å². The Labute approximate surface area is 153 Å².